The Kier molecular flexibility index (Phi) is 7.20. The third-order valence-corrected chi connectivity index (χ3v) is 3.29. The number of carbonyl (C=O) groups excluding carboxylic acids is 1. The average Bonchev–Trinajstić information content (AvgIpc) is 2.42. The summed E-state index contributed by atoms with van der Waals surface area (Å²) >= 11 is 0. The van der Waals surface area contributed by atoms with E-state index in [0.717, 1.165) is 31.6 Å². The smallest absolute Gasteiger partial charge is 0.272 e. The highest BCUT2D eigenvalue weighted by molar-refractivity contribution is 5.92. The number of nitrogens with one attached hydrogen (secondary N) is 1. The molecule has 1 amide bonds. The molecule has 0 aliphatic heterocycles. The molecule has 0 aliphatic carbocycles. The molecule has 1 aromatic rings. The summed E-state index contributed by atoms with van der Waals surface area (Å²) in [6, 6.07) is 6.07. The lowest BCUT2D eigenvalue weighted by Gasteiger charge is -2.26. The van der Waals surface area contributed by atoms with E-state index in [-0.39, 0.29) is 11.9 Å². The Labute approximate surface area is 129 Å². The van der Waals surface area contributed by atoms with Gasteiger partial charge in [0.25, 0.3) is 5.91 Å². The zero-order chi connectivity index (χ0) is 15.8. The lowest BCUT2D eigenvalue weighted by Crippen LogP contribution is -2.38. The number of hydrogen-bond donors (Lipinski definition) is 1. The third kappa shape index (κ3) is 5.74. The van der Waals surface area contributed by atoms with Gasteiger partial charge in [-0.1, -0.05) is 25.8 Å². The molecule has 1 N–H and O–H groups in total. The number of amides is 1. The van der Waals surface area contributed by atoms with Crippen LogP contribution in [-0.4, -0.2) is 34.4 Å². The fourth-order valence-corrected chi connectivity index (χ4v) is 2.20. The highest BCUT2D eigenvalue weighted by Crippen LogP contribution is 2.12. The Morgan fingerprint density at radius 1 is 1.24 bits per heavy atom. The first-order chi connectivity index (χ1) is 9.95. The van der Waals surface area contributed by atoms with Gasteiger partial charge in [-0.25, -0.2) is 4.98 Å². The van der Waals surface area contributed by atoms with Gasteiger partial charge in [0.15, 0.2) is 0 Å². The van der Waals surface area contributed by atoms with Gasteiger partial charge in [-0.3, -0.25) is 4.79 Å². The fourth-order valence-electron chi connectivity index (χ4n) is 2.20. The number of anilines is 1. The van der Waals surface area contributed by atoms with Crippen LogP contribution in [0.2, 0.25) is 0 Å². The second kappa shape index (κ2) is 8.65. The van der Waals surface area contributed by atoms with Gasteiger partial charge in [0.05, 0.1) is 0 Å². The van der Waals surface area contributed by atoms with Crippen molar-refractivity contribution in [3.8, 4) is 0 Å². The van der Waals surface area contributed by atoms with Crippen LogP contribution in [0.25, 0.3) is 0 Å². The van der Waals surface area contributed by atoms with Gasteiger partial charge < -0.3 is 10.2 Å². The molecule has 21 heavy (non-hydrogen) atoms. The first kappa shape index (κ1) is 17.5. The molecule has 4 heteroatoms. The summed E-state index contributed by atoms with van der Waals surface area (Å²) in [6.07, 6.45) is 3.36. The van der Waals surface area contributed by atoms with Gasteiger partial charge in [0.1, 0.15) is 11.5 Å². The third-order valence-electron chi connectivity index (χ3n) is 3.29. The molecule has 0 saturated carbocycles. The molecule has 0 fully saturated rings. The molecule has 4 nitrogen and oxygen atoms in total. The van der Waals surface area contributed by atoms with Crippen molar-refractivity contribution in [3.05, 3.63) is 23.9 Å². The molecule has 0 saturated heterocycles. The van der Waals surface area contributed by atoms with Gasteiger partial charge in [-0.05, 0) is 46.2 Å². The van der Waals surface area contributed by atoms with Crippen LogP contribution >= 0.6 is 0 Å². The van der Waals surface area contributed by atoms with Crippen LogP contribution in [0, 0.1) is 0 Å². The van der Waals surface area contributed by atoms with Crippen LogP contribution in [0.5, 0.6) is 0 Å². The average molecular weight is 291 g/mol. The first-order valence-electron chi connectivity index (χ1n) is 8.00. The first-order valence-corrected chi connectivity index (χ1v) is 8.00. The van der Waals surface area contributed by atoms with Crippen molar-refractivity contribution in [1.82, 2.24) is 9.88 Å². The quantitative estimate of drug-likeness (QED) is 0.738. The van der Waals surface area contributed by atoms with Crippen molar-refractivity contribution >= 4 is 11.7 Å². The maximum absolute atomic E-state index is 12.7. The van der Waals surface area contributed by atoms with E-state index in [2.05, 4.69) is 44.9 Å². The Morgan fingerprint density at radius 3 is 2.52 bits per heavy atom. The lowest BCUT2D eigenvalue weighted by molar-refractivity contribution is 0.0696. The van der Waals surface area contributed by atoms with Gasteiger partial charge >= 0.3 is 0 Å². The van der Waals surface area contributed by atoms with Crippen molar-refractivity contribution in [2.75, 3.05) is 11.9 Å². The van der Waals surface area contributed by atoms with Gasteiger partial charge in [0.2, 0.25) is 0 Å². The zero-order valence-corrected chi connectivity index (χ0v) is 14.0. The molecular formula is C17H29N3O. The van der Waals surface area contributed by atoms with Crippen LogP contribution in [0.1, 0.15) is 64.4 Å². The van der Waals surface area contributed by atoms with E-state index in [1.165, 1.54) is 0 Å². The predicted octanol–water partition coefficient (Wildman–Crippen LogP) is 3.94. The highest BCUT2D eigenvalue weighted by atomic mass is 16.2. The monoisotopic (exact) mass is 291 g/mol. The van der Waals surface area contributed by atoms with Crippen molar-refractivity contribution in [2.24, 2.45) is 0 Å². The number of rotatable bonds is 8. The van der Waals surface area contributed by atoms with Crippen LogP contribution in [0.15, 0.2) is 18.2 Å². The second-order valence-corrected chi connectivity index (χ2v) is 6.01. The van der Waals surface area contributed by atoms with Crippen molar-refractivity contribution in [2.45, 2.75) is 66.0 Å². The number of nitrogens with zero attached hydrogens (tertiary/aromatic N) is 2. The summed E-state index contributed by atoms with van der Waals surface area (Å²) in [6.45, 7) is 11.2. The van der Waals surface area contributed by atoms with E-state index in [4.69, 9.17) is 0 Å². The van der Waals surface area contributed by atoms with Crippen LogP contribution < -0.4 is 5.32 Å². The van der Waals surface area contributed by atoms with Gasteiger partial charge in [-0.2, -0.15) is 0 Å². The molecule has 0 spiro atoms. The molecule has 0 aromatic carbocycles. The molecule has 1 aromatic heterocycles. The van der Waals surface area contributed by atoms with Crippen molar-refractivity contribution in [1.29, 1.82) is 0 Å². The van der Waals surface area contributed by atoms with Crippen LogP contribution in [0.4, 0.5) is 5.82 Å². The molecule has 118 valence electrons. The molecule has 1 heterocycles. The topological polar surface area (TPSA) is 45.2 Å². The number of pyridine rings is 1. The number of hydrogen-bond acceptors (Lipinski definition) is 3. The van der Waals surface area contributed by atoms with E-state index in [1.807, 2.05) is 17.0 Å². The van der Waals surface area contributed by atoms with Gasteiger partial charge in [-0.15, -0.1) is 0 Å². The lowest BCUT2D eigenvalue weighted by atomic mass is 10.2. The number of unbranched alkanes of at least 4 members (excludes halogenated alkanes) is 2. The number of aromatic nitrogens is 1. The van der Waals surface area contributed by atoms with Crippen LogP contribution in [0.3, 0.4) is 0 Å². The van der Waals surface area contributed by atoms with E-state index >= 15 is 0 Å². The second-order valence-electron chi connectivity index (χ2n) is 6.01. The summed E-state index contributed by atoms with van der Waals surface area (Å²) in [4.78, 5) is 19.0. The molecule has 0 aliphatic rings. The normalized spacial score (nSPS) is 11.0. The summed E-state index contributed by atoms with van der Waals surface area (Å²) < 4.78 is 0. The summed E-state index contributed by atoms with van der Waals surface area (Å²) in [5.74, 6) is 0.779. The van der Waals surface area contributed by atoms with E-state index in [1.54, 1.807) is 6.07 Å². The van der Waals surface area contributed by atoms with Crippen molar-refractivity contribution in [3.63, 3.8) is 0 Å². The molecular weight excluding hydrogens is 262 g/mol. The highest BCUT2D eigenvalue weighted by Gasteiger charge is 2.19. The minimum atomic E-state index is 0.0218. The standard InChI is InChI=1S/C17H29N3O/c1-6-7-8-12-20(14(4)5)17(21)15-10-9-11-16(19-15)18-13(2)3/h9-11,13-14H,6-8,12H2,1-5H3,(H,18,19). The van der Waals surface area contributed by atoms with E-state index < -0.39 is 0 Å². The Morgan fingerprint density at radius 2 is 1.95 bits per heavy atom. The zero-order valence-electron chi connectivity index (χ0n) is 14.0. The Bertz CT molecular complexity index is 443. The molecule has 0 unspecified atom stereocenters. The maximum Gasteiger partial charge on any atom is 0.272 e. The van der Waals surface area contributed by atoms with Gasteiger partial charge in [0, 0.05) is 18.6 Å². The number of carbonyl (C=O) groups is 1. The van der Waals surface area contributed by atoms with Crippen molar-refractivity contribution < 1.29 is 4.79 Å². The Hall–Kier alpha value is -1.58. The predicted molar refractivity (Wildman–Crippen MR) is 88.7 cm³/mol. The molecule has 0 atom stereocenters. The molecule has 1 rings (SSSR count). The Balaban J connectivity index is 2.82. The largest absolute Gasteiger partial charge is 0.368 e. The fraction of sp³-hybridized carbons (Fsp3) is 0.647. The minimum Gasteiger partial charge on any atom is -0.368 e. The van der Waals surface area contributed by atoms with E-state index in [9.17, 15) is 4.79 Å². The molecule has 0 bridgehead atoms. The molecule has 0 radical (unpaired) electrons. The van der Waals surface area contributed by atoms with Crippen LogP contribution in [-0.2, 0) is 0 Å². The summed E-state index contributed by atoms with van der Waals surface area (Å²) in [7, 11) is 0. The SMILES string of the molecule is CCCCCN(C(=O)c1cccc(NC(C)C)n1)C(C)C. The van der Waals surface area contributed by atoms with E-state index in [0.29, 0.717) is 11.7 Å². The maximum atomic E-state index is 12.7. The summed E-state index contributed by atoms with van der Waals surface area (Å²) in [5.41, 5.74) is 0.519. The summed E-state index contributed by atoms with van der Waals surface area (Å²) in [5, 5.41) is 3.24. The minimum absolute atomic E-state index is 0.0218.